The standard InChI is InChI=1S/C12H20N2O3S2/c1-10-3-4-12(18-10)19(15,16)13-6-5-11-9-14(2)7-8-17-11/h3-4,11,13H,5-9H2,1-2H3. The average Bonchev–Trinajstić information content (AvgIpc) is 2.76. The molecule has 108 valence electrons. The topological polar surface area (TPSA) is 58.6 Å². The molecule has 1 unspecified atom stereocenters. The van der Waals surface area contributed by atoms with E-state index in [0.717, 1.165) is 24.6 Å². The molecular weight excluding hydrogens is 284 g/mol. The summed E-state index contributed by atoms with van der Waals surface area (Å²) in [4.78, 5) is 3.20. The summed E-state index contributed by atoms with van der Waals surface area (Å²) in [5.41, 5.74) is 0. The number of ether oxygens (including phenoxy) is 1. The molecule has 1 aliphatic rings. The van der Waals surface area contributed by atoms with Crippen molar-refractivity contribution in [3.8, 4) is 0 Å². The van der Waals surface area contributed by atoms with Crippen molar-refractivity contribution in [1.82, 2.24) is 9.62 Å². The van der Waals surface area contributed by atoms with Gasteiger partial charge in [0.1, 0.15) is 4.21 Å². The molecule has 0 saturated carbocycles. The number of sulfonamides is 1. The van der Waals surface area contributed by atoms with E-state index in [1.54, 1.807) is 6.07 Å². The molecule has 0 spiro atoms. The van der Waals surface area contributed by atoms with Crippen LogP contribution >= 0.6 is 11.3 Å². The molecule has 1 aliphatic heterocycles. The lowest BCUT2D eigenvalue weighted by molar-refractivity contribution is -0.0222. The number of nitrogens with one attached hydrogen (secondary N) is 1. The van der Waals surface area contributed by atoms with E-state index in [-0.39, 0.29) is 6.10 Å². The molecule has 7 heteroatoms. The van der Waals surface area contributed by atoms with Crippen LogP contribution in [0.1, 0.15) is 11.3 Å². The summed E-state index contributed by atoms with van der Waals surface area (Å²) in [5, 5.41) is 0. The van der Waals surface area contributed by atoms with Gasteiger partial charge in [-0.3, -0.25) is 0 Å². The van der Waals surface area contributed by atoms with Gasteiger partial charge in [0.15, 0.2) is 0 Å². The van der Waals surface area contributed by atoms with Crippen LogP contribution in [0.5, 0.6) is 0 Å². The van der Waals surface area contributed by atoms with Gasteiger partial charge in [-0.1, -0.05) is 0 Å². The summed E-state index contributed by atoms with van der Waals surface area (Å²) >= 11 is 1.29. The fourth-order valence-corrected chi connectivity index (χ4v) is 4.40. The number of hydrogen-bond acceptors (Lipinski definition) is 5. The molecule has 1 atom stereocenters. The number of rotatable bonds is 5. The molecule has 0 bridgehead atoms. The maximum Gasteiger partial charge on any atom is 0.250 e. The molecule has 0 amide bonds. The van der Waals surface area contributed by atoms with E-state index in [0.29, 0.717) is 17.2 Å². The van der Waals surface area contributed by atoms with Crippen LogP contribution < -0.4 is 4.72 Å². The molecule has 1 aromatic rings. The van der Waals surface area contributed by atoms with Crippen molar-refractivity contribution in [3.63, 3.8) is 0 Å². The van der Waals surface area contributed by atoms with Gasteiger partial charge in [-0.15, -0.1) is 11.3 Å². The number of nitrogens with zero attached hydrogens (tertiary/aromatic N) is 1. The number of hydrogen-bond donors (Lipinski definition) is 1. The first-order chi connectivity index (χ1) is 8.97. The lowest BCUT2D eigenvalue weighted by Crippen LogP contribution is -2.41. The van der Waals surface area contributed by atoms with Crippen LogP contribution in [0, 0.1) is 6.92 Å². The van der Waals surface area contributed by atoms with Gasteiger partial charge in [0, 0.05) is 24.5 Å². The minimum Gasteiger partial charge on any atom is -0.376 e. The Hall–Kier alpha value is -0.470. The third-order valence-corrected chi connectivity index (χ3v) is 6.03. The Balaban J connectivity index is 1.82. The largest absolute Gasteiger partial charge is 0.376 e. The molecule has 2 heterocycles. The van der Waals surface area contributed by atoms with Crippen LogP contribution in [0.2, 0.25) is 0 Å². The van der Waals surface area contributed by atoms with E-state index in [4.69, 9.17) is 4.74 Å². The molecule has 0 aliphatic carbocycles. The van der Waals surface area contributed by atoms with Crippen molar-refractivity contribution >= 4 is 21.4 Å². The van der Waals surface area contributed by atoms with Crippen molar-refractivity contribution < 1.29 is 13.2 Å². The van der Waals surface area contributed by atoms with Crippen molar-refractivity contribution in [2.24, 2.45) is 0 Å². The Labute approximate surface area is 118 Å². The van der Waals surface area contributed by atoms with E-state index in [9.17, 15) is 8.42 Å². The van der Waals surface area contributed by atoms with E-state index in [1.165, 1.54) is 11.3 Å². The quantitative estimate of drug-likeness (QED) is 0.883. The van der Waals surface area contributed by atoms with Crippen LogP contribution in [0.15, 0.2) is 16.3 Å². The minimum absolute atomic E-state index is 0.117. The van der Waals surface area contributed by atoms with Crippen molar-refractivity contribution in [2.75, 3.05) is 33.3 Å². The molecule has 0 aromatic carbocycles. The van der Waals surface area contributed by atoms with Gasteiger partial charge < -0.3 is 9.64 Å². The highest BCUT2D eigenvalue weighted by molar-refractivity contribution is 7.91. The first-order valence-corrected chi connectivity index (χ1v) is 8.63. The SMILES string of the molecule is Cc1ccc(S(=O)(=O)NCCC2CN(C)CCO2)s1. The van der Waals surface area contributed by atoms with E-state index >= 15 is 0 Å². The summed E-state index contributed by atoms with van der Waals surface area (Å²) in [6.07, 6.45) is 0.819. The number of likely N-dealkylation sites (N-methyl/N-ethyl adjacent to an activating group) is 1. The van der Waals surface area contributed by atoms with Crippen molar-refractivity contribution in [1.29, 1.82) is 0 Å². The van der Waals surface area contributed by atoms with Gasteiger partial charge in [0.25, 0.3) is 0 Å². The molecule has 1 fully saturated rings. The van der Waals surface area contributed by atoms with Crippen molar-refractivity contribution in [3.05, 3.63) is 17.0 Å². The Morgan fingerprint density at radius 3 is 2.95 bits per heavy atom. The zero-order valence-electron chi connectivity index (χ0n) is 11.3. The highest BCUT2D eigenvalue weighted by atomic mass is 32.2. The lowest BCUT2D eigenvalue weighted by Gasteiger charge is -2.30. The molecule has 1 N–H and O–H groups in total. The third kappa shape index (κ3) is 4.25. The van der Waals surface area contributed by atoms with Gasteiger partial charge in [0.05, 0.1) is 12.7 Å². The normalized spacial score (nSPS) is 21.7. The van der Waals surface area contributed by atoms with E-state index in [2.05, 4.69) is 9.62 Å². The van der Waals surface area contributed by atoms with Crippen LogP contribution in [-0.4, -0.2) is 52.7 Å². The number of aryl methyl sites for hydroxylation is 1. The Morgan fingerprint density at radius 2 is 2.32 bits per heavy atom. The predicted molar refractivity (Wildman–Crippen MR) is 76.1 cm³/mol. The summed E-state index contributed by atoms with van der Waals surface area (Å²) in [6.45, 7) is 4.84. The monoisotopic (exact) mass is 304 g/mol. The molecule has 0 radical (unpaired) electrons. The van der Waals surface area contributed by atoms with Crippen LogP contribution in [-0.2, 0) is 14.8 Å². The smallest absolute Gasteiger partial charge is 0.250 e. The van der Waals surface area contributed by atoms with Gasteiger partial charge in [-0.25, -0.2) is 13.1 Å². The van der Waals surface area contributed by atoms with Crippen LogP contribution in [0.25, 0.3) is 0 Å². The number of morpholine rings is 1. The maximum absolute atomic E-state index is 12.0. The average molecular weight is 304 g/mol. The molecule has 1 saturated heterocycles. The predicted octanol–water partition coefficient (Wildman–Crippen LogP) is 1.06. The molecular formula is C12H20N2O3S2. The summed E-state index contributed by atoms with van der Waals surface area (Å²) in [5.74, 6) is 0. The highest BCUT2D eigenvalue weighted by Crippen LogP contribution is 2.20. The van der Waals surface area contributed by atoms with Gasteiger partial charge in [0.2, 0.25) is 10.0 Å². The first kappa shape index (κ1) is 14.9. The highest BCUT2D eigenvalue weighted by Gasteiger charge is 2.20. The summed E-state index contributed by atoms with van der Waals surface area (Å²) in [7, 11) is -1.30. The lowest BCUT2D eigenvalue weighted by atomic mass is 10.2. The molecule has 2 rings (SSSR count). The van der Waals surface area contributed by atoms with Crippen LogP contribution in [0.3, 0.4) is 0 Å². The van der Waals surface area contributed by atoms with Gasteiger partial charge >= 0.3 is 0 Å². The second-order valence-electron chi connectivity index (χ2n) is 4.81. The van der Waals surface area contributed by atoms with Gasteiger partial charge in [-0.2, -0.15) is 0 Å². The van der Waals surface area contributed by atoms with Gasteiger partial charge in [-0.05, 0) is 32.5 Å². The fraction of sp³-hybridized carbons (Fsp3) is 0.667. The summed E-state index contributed by atoms with van der Waals surface area (Å²) < 4.78 is 32.6. The van der Waals surface area contributed by atoms with E-state index < -0.39 is 10.0 Å². The second kappa shape index (κ2) is 6.32. The fourth-order valence-electron chi connectivity index (χ4n) is 2.02. The zero-order chi connectivity index (χ0) is 13.9. The Morgan fingerprint density at radius 1 is 1.53 bits per heavy atom. The Bertz CT molecular complexity index is 513. The van der Waals surface area contributed by atoms with Crippen molar-refractivity contribution in [2.45, 2.75) is 23.7 Å². The van der Waals surface area contributed by atoms with E-state index in [1.807, 2.05) is 20.0 Å². The molecule has 5 nitrogen and oxygen atoms in total. The molecule has 19 heavy (non-hydrogen) atoms. The van der Waals surface area contributed by atoms with Crippen LogP contribution in [0.4, 0.5) is 0 Å². The zero-order valence-corrected chi connectivity index (χ0v) is 12.9. The summed E-state index contributed by atoms with van der Waals surface area (Å²) in [6, 6.07) is 3.46. The maximum atomic E-state index is 12.0. The Kier molecular flexibility index (Phi) is 4.97. The third-order valence-electron chi connectivity index (χ3n) is 3.08. The number of thiophene rings is 1. The minimum atomic E-state index is -3.35. The second-order valence-corrected chi connectivity index (χ2v) is 8.09. The first-order valence-electron chi connectivity index (χ1n) is 6.33. The molecule has 1 aromatic heterocycles.